The summed E-state index contributed by atoms with van der Waals surface area (Å²) in [5.74, 6) is 0. The maximum absolute atomic E-state index is 12.0. The molecular weight excluding hydrogens is 412 g/mol. The Morgan fingerprint density at radius 1 is 0.520 bits per heavy atom. The van der Waals surface area contributed by atoms with Crippen LogP contribution in [-0.2, 0) is 26.2 Å². The Morgan fingerprint density at radius 3 is 0.920 bits per heavy atom. The summed E-state index contributed by atoms with van der Waals surface area (Å²) < 4.78 is 0. The molecule has 3 aliphatic rings. The van der Waals surface area contributed by atoms with Crippen LogP contribution in [-0.4, -0.2) is 36.3 Å². The van der Waals surface area contributed by atoms with Gasteiger partial charge in [-0.05, 0) is 16.6 Å². The van der Waals surface area contributed by atoms with Crippen LogP contribution in [0, 0.1) is 0 Å². The second-order valence-corrected chi connectivity index (χ2v) is 12.1. The molecule has 0 saturated heterocycles. The summed E-state index contributed by atoms with van der Waals surface area (Å²) in [6.07, 6.45) is 20.9. The molecule has 0 aromatic rings. The molecule has 4 nitrogen and oxygen atoms in total. The van der Waals surface area contributed by atoms with Crippen LogP contribution in [0.4, 0.5) is 0 Å². The molecule has 0 unspecified atom stereocenters. The van der Waals surface area contributed by atoms with Crippen LogP contribution in [0.15, 0.2) is 0 Å². The van der Waals surface area contributed by atoms with Crippen LogP contribution < -0.4 is 0 Å². The van der Waals surface area contributed by atoms with Crippen LogP contribution in [0.1, 0.15) is 96.3 Å². The van der Waals surface area contributed by atoms with Crippen LogP contribution in [0.3, 0.4) is 0 Å². The third-order valence-corrected chi connectivity index (χ3v) is 12.4. The van der Waals surface area contributed by atoms with Gasteiger partial charge >= 0.3 is 0 Å². The zero-order valence-electron chi connectivity index (χ0n) is 16.2. The zero-order valence-corrected chi connectivity index (χ0v) is 19.7. The second-order valence-electron chi connectivity index (χ2n) is 7.89. The molecule has 0 amide bonds. The molecular formula is C19H42O4SiZr. The Hall–Kier alpha value is 0.940. The van der Waals surface area contributed by atoms with Crippen molar-refractivity contribution in [2.45, 2.75) is 113 Å². The molecule has 6 N–H and O–H groups in total. The molecule has 0 atom stereocenters. The molecule has 0 bridgehead atoms. The molecule has 25 heavy (non-hydrogen) atoms. The largest absolute Gasteiger partial charge is 0.431 e. The maximum atomic E-state index is 12.0. The zero-order chi connectivity index (χ0) is 15.8. The summed E-state index contributed by atoms with van der Waals surface area (Å²) >= 11 is 0. The van der Waals surface area contributed by atoms with Gasteiger partial charge in [-0.25, -0.2) is 0 Å². The van der Waals surface area contributed by atoms with Crippen LogP contribution in [0.25, 0.3) is 0 Å². The molecule has 0 heterocycles. The molecule has 3 fully saturated rings. The van der Waals surface area contributed by atoms with E-state index in [-0.39, 0.29) is 37.2 Å². The summed E-state index contributed by atoms with van der Waals surface area (Å²) in [5.41, 5.74) is 2.30. The Labute approximate surface area is 175 Å². The van der Waals surface area contributed by atoms with Gasteiger partial charge < -0.3 is 20.9 Å². The van der Waals surface area contributed by atoms with Crippen molar-refractivity contribution in [2.75, 3.05) is 7.11 Å². The number of hydrogen-bond acceptors (Lipinski definition) is 2. The van der Waals surface area contributed by atoms with Crippen molar-refractivity contribution in [3.63, 3.8) is 0 Å². The Morgan fingerprint density at radius 2 is 0.720 bits per heavy atom. The van der Waals surface area contributed by atoms with Crippen LogP contribution in [0.5, 0.6) is 0 Å². The summed E-state index contributed by atoms with van der Waals surface area (Å²) in [7, 11) is -1.05. The van der Waals surface area contributed by atoms with Crippen molar-refractivity contribution < 1.29 is 47.1 Å². The SMILES string of the molecule is CO.O.O.O[Si](C1CCCCC1)(C1CCCCC1)C1CCCCC1.[Zr]. The molecule has 3 saturated carbocycles. The number of aliphatic hydroxyl groups is 1. The van der Waals surface area contributed by atoms with Crippen LogP contribution >= 0.6 is 0 Å². The van der Waals surface area contributed by atoms with E-state index >= 15 is 0 Å². The minimum absolute atomic E-state index is 0. The first-order valence-electron chi connectivity index (χ1n) is 9.99. The fourth-order valence-corrected chi connectivity index (χ4v) is 11.7. The van der Waals surface area contributed by atoms with E-state index in [2.05, 4.69) is 0 Å². The number of hydrogen-bond donors (Lipinski definition) is 2. The van der Waals surface area contributed by atoms with Gasteiger partial charge in [0.2, 0.25) is 0 Å². The van der Waals surface area contributed by atoms with Gasteiger partial charge in [0, 0.05) is 33.3 Å². The van der Waals surface area contributed by atoms with Crippen molar-refractivity contribution in [1.29, 1.82) is 0 Å². The van der Waals surface area contributed by atoms with Crippen LogP contribution in [0.2, 0.25) is 16.6 Å². The van der Waals surface area contributed by atoms with Gasteiger partial charge in [0.15, 0.2) is 8.32 Å². The van der Waals surface area contributed by atoms with E-state index in [0.717, 1.165) is 23.7 Å². The first kappa shape index (κ1) is 28.2. The van der Waals surface area contributed by atoms with Gasteiger partial charge in [-0.1, -0.05) is 96.3 Å². The summed E-state index contributed by atoms with van der Waals surface area (Å²) in [6, 6.07) is 0. The third kappa shape index (κ3) is 7.12. The average molecular weight is 454 g/mol. The molecule has 0 aromatic carbocycles. The van der Waals surface area contributed by atoms with E-state index in [9.17, 15) is 4.80 Å². The van der Waals surface area contributed by atoms with E-state index in [1.807, 2.05) is 0 Å². The van der Waals surface area contributed by atoms with Gasteiger partial charge in [0.05, 0.1) is 0 Å². The van der Waals surface area contributed by atoms with E-state index in [0.29, 0.717) is 0 Å². The van der Waals surface area contributed by atoms with E-state index < -0.39 is 8.32 Å². The molecule has 150 valence electrons. The van der Waals surface area contributed by atoms with Gasteiger partial charge in [0.1, 0.15) is 0 Å². The Bertz CT molecular complexity index is 256. The quantitative estimate of drug-likeness (QED) is 0.633. The fraction of sp³-hybridized carbons (Fsp3) is 1.00. The molecule has 0 radical (unpaired) electrons. The Kier molecular flexibility index (Phi) is 16.8. The van der Waals surface area contributed by atoms with Gasteiger partial charge in [-0.3, -0.25) is 0 Å². The van der Waals surface area contributed by atoms with Crippen molar-refractivity contribution in [3.8, 4) is 0 Å². The first-order chi connectivity index (χ1) is 10.8. The summed E-state index contributed by atoms with van der Waals surface area (Å²) in [6.45, 7) is 0. The predicted octanol–water partition coefficient (Wildman–Crippen LogP) is 3.88. The minimum Gasteiger partial charge on any atom is -0.431 e. The third-order valence-electron chi connectivity index (χ3n) is 6.78. The standard InChI is InChI=1S/C18H34OSi.CH4O.2H2O.Zr/c19-20(16-10-4-1-5-11-16,17-12-6-2-7-13-17)18-14-8-3-9-15-18;1-2;;;/h16-19H,1-15H2;2H,1H3;2*1H2;. The predicted molar refractivity (Wildman–Crippen MR) is 104 cm³/mol. The van der Waals surface area contributed by atoms with Crippen molar-refractivity contribution in [2.24, 2.45) is 0 Å². The molecule has 0 aromatic heterocycles. The smallest absolute Gasteiger partial charge is 0.197 e. The molecule has 6 heteroatoms. The van der Waals surface area contributed by atoms with Crippen molar-refractivity contribution >= 4 is 8.32 Å². The fourth-order valence-electron chi connectivity index (χ4n) is 5.70. The molecule has 3 rings (SSSR count). The average Bonchev–Trinajstić information content (AvgIpc) is 2.65. The number of aliphatic hydroxyl groups excluding tert-OH is 1. The van der Waals surface area contributed by atoms with Gasteiger partial charge in [-0.2, -0.15) is 0 Å². The first-order valence-corrected chi connectivity index (χ1v) is 12.2. The second kappa shape index (κ2) is 14.9. The minimum atomic E-state index is -2.05. The molecule has 0 aliphatic heterocycles. The normalized spacial score (nSPS) is 23.2. The summed E-state index contributed by atoms with van der Waals surface area (Å²) in [5, 5.41) is 7.00. The maximum Gasteiger partial charge on any atom is 0.197 e. The topological polar surface area (TPSA) is 103 Å². The monoisotopic (exact) mass is 452 g/mol. The van der Waals surface area contributed by atoms with Crippen molar-refractivity contribution in [3.05, 3.63) is 0 Å². The van der Waals surface area contributed by atoms with E-state index in [1.54, 1.807) is 0 Å². The van der Waals surface area contributed by atoms with Crippen molar-refractivity contribution in [1.82, 2.24) is 0 Å². The van der Waals surface area contributed by atoms with E-state index in [4.69, 9.17) is 5.11 Å². The Balaban J connectivity index is 0. The van der Waals surface area contributed by atoms with E-state index in [1.165, 1.54) is 96.3 Å². The summed E-state index contributed by atoms with van der Waals surface area (Å²) in [4.78, 5) is 12.0. The number of rotatable bonds is 3. The molecule has 0 spiro atoms. The van der Waals surface area contributed by atoms with Gasteiger partial charge in [-0.15, -0.1) is 0 Å². The molecule has 3 aliphatic carbocycles. The van der Waals surface area contributed by atoms with Gasteiger partial charge in [0.25, 0.3) is 0 Å².